The Labute approximate surface area is 48.3 Å². The first kappa shape index (κ1) is 7.17. The van der Waals surface area contributed by atoms with Crippen molar-refractivity contribution >= 4 is 6.21 Å². The molecule has 0 aliphatic carbocycles. The second-order valence-electron chi connectivity index (χ2n) is 1.38. The third kappa shape index (κ3) is 3.36. The highest BCUT2D eigenvalue weighted by Gasteiger charge is 1.83. The summed E-state index contributed by atoms with van der Waals surface area (Å²) in [7, 11) is 0. The van der Waals surface area contributed by atoms with E-state index in [4.69, 9.17) is 16.2 Å². The number of aliphatic hydroxyl groups excluding tert-OH is 1. The molecule has 0 bridgehead atoms. The highest BCUT2D eigenvalue weighted by Crippen LogP contribution is 1.86. The predicted octanol–water partition coefficient (Wildman–Crippen LogP) is -0.139. The Morgan fingerprint density at radius 3 is 2.75 bits per heavy atom. The summed E-state index contributed by atoms with van der Waals surface area (Å²) in [4.78, 5) is 0. The van der Waals surface area contributed by atoms with Crippen LogP contribution in [-0.2, 0) is 0 Å². The Balaban J connectivity index is 3.44. The number of hydrogen-bond donors (Lipinski definition) is 3. The van der Waals surface area contributed by atoms with Crippen LogP contribution in [0.25, 0.3) is 0 Å². The minimum atomic E-state index is 0.0518. The fraction of sp³-hybridized carbons (Fsp3) is 0.400. The summed E-state index contributed by atoms with van der Waals surface area (Å²) < 4.78 is 0. The van der Waals surface area contributed by atoms with Crippen molar-refractivity contribution in [1.82, 2.24) is 0 Å². The topological polar surface area (TPSA) is 70.1 Å². The van der Waals surface area contributed by atoms with Crippen LogP contribution in [0.5, 0.6) is 0 Å². The van der Waals surface area contributed by atoms with Crippen molar-refractivity contribution in [1.29, 1.82) is 5.41 Å². The molecule has 0 fully saturated rings. The molecule has 0 saturated carbocycles. The highest BCUT2D eigenvalue weighted by molar-refractivity contribution is 5.68. The molecular formula is C5H10N2O. The van der Waals surface area contributed by atoms with Crippen LogP contribution in [0.3, 0.4) is 0 Å². The first-order chi connectivity index (χ1) is 3.81. The molecule has 3 heteroatoms. The Kier molecular flexibility index (Phi) is 3.88. The molecule has 8 heavy (non-hydrogen) atoms. The van der Waals surface area contributed by atoms with E-state index in [1.807, 2.05) is 0 Å². The Morgan fingerprint density at radius 2 is 2.38 bits per heavy atom. The maximum Gasteiger partial charge on any atom is 0.0485 e. The Morgan fingerprint density at radius 1 is 1.75 bits per heavy atom. The average Bonchev–Trinajstić information content (AvgIpc) is 1.68. The molecule has 4 N–H and O–H groups in total. The van der Waals surface area contributed by atoms with Gasteiger partial charge in [0.1, 0.15) is 0 Å². The molecule has 46 valence electrons. The van der Waals surface area contributed by atoms with Crippen molar-refractivity contribution in [2.45, 2.75) is 6.42 Å². The lowest BCUT2D eigenvalue weighted by atomic mass is 10.3. The number of allylic oxidation sites excluding steroid dienone is 1. The monoisotopic (exact) mass is 114 g/mol. The standard InChI is InChI=1S/C5H10N2O/c6-3-1-5(7)2-4-8/h1,3,6,8H,2,4,7H2. The number of nitrogens with two attached hydrogens (primary N) is 1. The van der Waals surface area contributed by atoms with Crippen LogP contribution < -0.4 is 5.73 Å². The number of hydrogen-bond acceptors (Lipinski definition) is 3. The van der Waals surface area contributed by atoms with Crippen LogP contribution in [0.4, 0.5) is 0 Å². The lowest BCUT2D eigenvalue weighted by Crippen LogP contribution is -1.99. The van der Waals surface area contributed by atoms with Crippen molar-refractivity contribution < 1.29 is 5.11 Å². The van der Waals surface area contributed by atoms with Gasteiger partial charge in [-0.25, -0.2) is 0 Å². The lowest BCUT2D eigenvalue weighted by Gasteiger charge is -1.91. The van der Waals surface area contributed by atoms with Gasteiger partial charge < -0.3 is 16.2 Å². The summed E-state index contributed by atoms with van der Waals surface area (Å²) >= 11 is 0. The van der Waals surface area contributed by atoms with Gasteiger partial charge in [-0.15, -0.1) is 0 Å². The fourth-order valence-corrected chi connectivity index (χ4v) is 0.319. The van der Waals surface area contributed by atoms with Gasteiger partial charge in [0.15, 0.2) is 0 Å². The summed E-state index contributed by atoms with van der Waals surface area (Å²) in [6.45, 7) is 0.0518. The highest BCUT2D eigenvalue weighted by atomic mass is 16.3. The van der Waals surface area contributed by atoms with Gasteiger partial charge in [0.25, 0.3) is 0 Å². The van der Waals surface area contributed by atoms with E-state index in [2.05, 4.69) is 0 Å². The van der Waals surface area contributed by atoms with Gasteiger partial charge in [-0.2, -0.15) is 0 Å². The van der Waals surface area contributed by atoms with Crippen LogP contribution in [0.1, 0.15) is 6.42 Å². The maximum absolute atomic E-state index is 8.27. The molecule has 0 radical (unpaired) electrons. The summed E-state index contributed by atoms with van der Waals surface area (Å²) in [6, 6.07) is 0. The van der Waals surface area contributed by atoms with Crippen molar-refractivity contribution in [2.75, 3.05) is 6.61 Å². The second kappa shape index (κ2) is 4.33. The van der Waals surface area contributed by atoms with E-state index < -0.39 is 0 Å². The zero-order chi connectivity index (χ0) is 6.41. The minimum Gasteiger partial charge on any atom is -0.402 e. The molecular weight excluding hydrogens is 104 g/mol. The lowest BCUT2D eigenvalue weighted by molar-refractivity contribution is 0.299. The molecule has 0 aromatic rings. The summed E-state index contributed by atoms with van der Waals surface area (Å²) in [5, 5.41) is 14.8. The Bertz CT molecular complexity index is 98.6. The van der Waals surface area contributed by atoms with Gasteiger partial charge in [0.05, 0.1) is 0 Å². The number of nitrogens with one attached hydrogen (secondary N) is 1. The largest absolute Gasteiger partial charge is 0.402 e. The number of rotatable bonds is 3. The molecule has 0 aliphatic rings. The van der Waals surface area contributed by atoms with Crippen molar-refractivity contribution in [3.63, 3.8) is 0 Å². The van der Waals surface area contributed by atoms with Crippen LogP contribution >= 0.6 is 0 Å². The van der Waals surface area contributed by atoms with E-state index in [0.717, 1.165) is 6.21 Å². The van der Waals surface area contributed by atoms with Crippen LogP contribution in [0.2, 0.25) is 0 Å². The summed E-state index contributed by atoms with van der Waals surface area (Å²) in [5.74, 6) is 0. The first-order valence-electron chi connectivity index (χ1n) is 2.37. The van der Waals surface area contributed by atoms with E-state index in [1.54, 1.807) is 0 Å². The molecule has 0 aliphatic heterocycles. The zero-order valence-corrected chi connectivity index (χ0v) is 4.59. The Hall–Kier alpha value is -0.830. The van der Waals surface area contributed by atoms with Crippen molar-refractivity contribution in [2.24, 2.45) is 5.73 Å². The molecule has 0 aromatic heterocycles. The van der Waals surface area contributed by atoms with Gasteiger partial charge in [-0.3, -0.25) is 0 Å². The average molecular weight is 114 g/mol. The second-order valence-corrected chi connectivity index (χ2v) is 1.38. The van der Waals surface area contributed by atoms with Gasteiger partial charge in [-0.1, -0.05) is 0 Å². The molecule has 0 saturated heterocycles. The van der Waals surface area contributed by atoms with Gasteiger partial charge in [0.2, 0.25) is 0 Å². The van der Waals surface area contributed by atoms with Gasteiger partial charge in [0, 0.05) is 24.9 Å². The van der Waals surface area contributed by atoms with Crippen molar-refractivity contribution in [3.8, 4) is 0 Å². The van der Waals surface area contributed by atoms with Crippen molar-refractivity contribution in [3.05, 3.63) is 11.8 Å². The van der Waals surface area contributed by atoms with Crippen LogP contribution in [-0.4, -0.2) is 17.9 Å². The zero-order valence-electron chi connectivity index (χ0n) is 4.59. The minimum absolute atomic E-state index is 0.0518. The van der Waals surface area contributed by atoms with Crippen LogP contribution in [0.15, 0.2) is 11.8 Å². The number of aliphatic hydroxyl groups is 1. The molecule has 0 aromatic carbocycles. The molecule has 0 rings (SSSR count). The van der Waals surface area contributed by atoms with E-state index in [9.17, 15) is 0 Å². The maximum atomic E-state index is 8.27. The molecule has 0 amide bonds. The fourth-order valence-electron chi connectivity index (χ4n) is 0.319. The van der Waals surface area contributed by atoms with Crippen LogP contribution in [0, 0.1) is 5.41 Å². The molecule has 0 heterocycles. The molecule has 0 spiro atoms. The van der Waals surface area contributed by atoms with Gasteiger partial charge >= 0.3 is 0 Å². The van der Waals surface area contributed by atoms with E-state index in [-0.39, 0.29) is 6.61 Å². The van der Waals surface area contributed by atoms with E-state index in [1.165, 1.54) is 6.08 Å². The smallest absolute Gasteiger partial charge is 0.0485 e. The predicted molar refractivity (Wildman–Crippen MR) is 32.8 cm³/mol. The summed E-state index contributed by atoms with van der Waals surface area (Å²) in [6.07, 6.45) is 3.01. The summed E-state index contributed by atoms with van der Waals surface area (Å²) in [5.41, 5.74) is 5.79. The quantitative estimate of drug-likeness (QED) is 0.447. The SMILES string of the molecule is N=CC=C(N)CCO. The molecule has 0 unspecified atom stereocenters. The normalized spacial score (nSPS) is 11.4. The van der Waals surface area contributed by atoms with Gasteiger partial charge in [-0.05, 0) is 6.08 Å². The van der Waals surface area contributed by atoms with E-state index in [0.29, 0.717) is 12.1 Å². The third-order valence-corrected chi connectivity index (χ3v) is 0.698. The third-order valence-electron chi connectivity index (χ3n) is 0.698. The molecule has 0 atom stereocenters. The molecule has 3 nitrogen and oxygen atoms in total. The first-order valence-corrected chi connectivity index (χ1v) is 2.37. The van der Waals surface area contributed by atoms with E-state index >= 15 is 0 Å².